The van der Waals surface area contributed by atoms with E-state index in [4.69, 9.17) is 0 Å². The second kappa shape index (κ2) is 9.51. The molecule has 0 rings (SSSR count). The summed E-state index contributed by atoms with van der Waals surface area (Å²) >= 11 is 0. The van der Waals surface area contributed by atoms with Gasteiger partial charge in [0.25, 0.3) is 0 Å². The van der Waals surface area contributed by atoms with E-state index in [-0.39, 0.29) is 25.6 Å². The smallest absolute Gasteiger partial charge is 0.549 e. The Morgan fingerprint density at radius 3 is 1.13 bits per heavy atom. The van der Waals surface area contributed by atoms with E-state index < -0.39 is 37.5 Å². The number of carboxylic acids is 3. The Kier molecular flexibility index (Phi) is 12.4. The summed E-state index contributed by atoms with van der Waals surface area (Å²) in [5.74, 6) is -4.70. The molecule has 0 unspecified atom stereocenters. The van der Waals surface area contributed by atoms with Crippen LogP contribution in [0.1, 0.15) is 0 Å². The summed E-state index contributed by atoms with van der Waals surface area (Å²) in [6.07, 6.45) is 0. The first-order valence-electron chi connectivity index (χ1n) is 3.23. The fourth-order valence-corrected chi connectivity index (χ4v) is 0.715. The first-order chi connectivity index (χ1) is 5.91. The van der Waals surface area contributed by atoms with Crippen molar-refractivity contribution < 1.29 is 49.2 Å². The van der Waals surface area contributed by atoms with E-state index in [0.717, 1.165) is 0 Å². The van der Waals surface area contributed by atoms with Gasteiger partial charge in [-0.2, -0.15) is 0 Å². The van der Waals surface area contributed by atoms with Crippen molar-refractivity contribution in [2.75, 3.05) is 19.6 Å². The molecule has 0 bridgehead atoms. The molecule has 0 atom stereocenters. The molecule has 8 nitrogen and oxygen atoms in total. The van der Waals surface area contributed by atoms with E-state index in [1.165, 1.54) is 0 Å². The number of carboxylic acid groups (broad SMARTS) is 3. The van der Waals surface area contributed by atoms with Crippen LogP contribution < -0.4 is 21.5 Å². The molecule has 0 aromatic rings. The topological polar surface area (TPSA) is 160 Å². The Hall–Kier alpha value is -1.05. The first kappa shape index (κ1) is 19.5. The van der Waals surface area contributed by atoms with Crippen LogP contribution in [0.15, 0.2) is 0 Å². The van der Waals surface area contributed by atoms with Gasteiger partial charge in [0.2, 0.25) is 0 Å². The van der Waals surface area contributed by atoms with Gasteiger partial charge in [0.15, 0.2) is 0 Å². The number of carbonyl (C=O) groups is 3. The zero-order valence-electron chi connectivity index (χ0n) is 8.23. The molecule has 0 aromatic heterocycles. The van der Waals surface area contributed by atoms with Gasteiger partial charge < -0.3 is 35.9 Å². The van der Waals surface area contributed by atoms with E-state index >= 15 is 0 Å². The van der Waals surface area contributed by atoms with Crippen LogP contribution in [0.3, 0.4) is 0 Å². The van der Waals surface area contributed by atoms with Crippen LogP contribution in [0, 0.1) is 0 Å². The van der Waals surface area contributed by atoms with Crippen molar-refractivity contribution in [3.63, 3.8) is 0 Å². The van der Waals surface area contributed by atoms with Crippen LogP contribution >= 0.6 is 0 Å². The average molecular weight is 272 g/mol. The predicted molar refractivity (Wildman–Crippen MR) is 37.4 cm³/mol. The Morgan fingerprint density at radius 2 is 1.00 bits per heavy atom. The summed E-state index contributed by atoms with van der Waals surface area (Å²) in [7, 11) is 0. The van der Waals surface area contributed by atoms with Crippen LogP contribution in [-0.2, 0) is 33.9 Å². The van der Waals surface area contributed by atoms with E-state index in [1.807, 2.05) is 0 Å². The molecular formula is C6H10N2O6Zn. The minimum Gasteiger partial charge on any atom is -0.549 e. The number of carbonyl (C=O) groups excluding carboxylic acids is 3. The summed E-state index contributed by atoms with van der Waals surface area (Å²) < 4.78 is 0. The molecule has 0 saturated carbocycles. The maximum absolute atomic E-state index is 9.99. The maximum atomic E-state index is 9.99. The molecule has 15 heavy (non-hydrogen) atoms. The van der Waals surface area contributed by atoms with Crippen molar-refractivity contribution in [3.8, 4) is 0 Å². The van der Waals surface area contributed by atoms with Crippen LogP contribution in [0.5, 0.6) is 0 Å². The van der Waals surface area contributed by atoms with Gasteiger partial charge in [0.1, 0.15) is 0 Å². The van der Waals surface area contributed by atoms with Gasteiger partial charge in [0.05, 0.1) is 17.9 Å². The monoisotopic (exact) mass is 270 g/mol. The number of quaternary nitrogens is 1. The summed E-state index contributed by atoms with van der Waals surface area (Å²) in [5.41, 5.74) is 0. The summed E-state index contributed by atoms with van der Waals surface area (Å²) in [5, 5.41) is 30.0. The quantitative estimate of drug-likeness (QED) is 0.473. The number of hydrogen-bond acceptors (Lipinski definition) is 7. The average Bonchev–Trinajstić information content (AvgIpc) is 1.80. The van der Waals surface area contributed by atoms with E-state index in [1.54, 1.807) is 0 Å². The van der Waals surface area contributed by atoms with Gasteiger partial charge >= 0.3 is 19.5 Å². The third-order valence-corrected chi connectivity index (χ3v) is 1.06. The normalized spacial score (nSPS) is 8.60. The Morgan fingerprint density at radius 1 is 0.800 bits per heavy atom. The molecule has 0 aliphatic heterocycles. The molecule has 0 heterocycles. The van der Waals surface area contributed by atoms with Crippen LogP contribution in [0.4, 0.5) is 0 Å². The minimum atomic E-state index is -1.57. The standard InChI is InChI=1S/C6H9NO6.H3N.Zn/c8-4(9)1-7(2-5(10)11)3-6(12)13;;/h1-3H2,(H,8,9)(H,10,11)(H,12,13);1H3;/q;;+2/p-2. The van der Waals surface area contributed by atoms with Gasteiger partial charge in [-0.3, -0.25) is 4.90 Å². The number of rotatable bonds is 6. The third kappa shape index (κ3) is 13.0. The van der Waals surface area contributed by atoms with Crippen molar-refractivity contribution in [3.05, 3.63) is 0 Å². The van der Waals surface area contributed by atoms with Gasteiger partial charge in [0, 0.05) is 19.6 Å². The first-order valence-corrected chi connectivity index (χ1v) is 3.23. The van der Waals surface area contributed by atoms with E-state index in [9.17, 15) is 29.7 Å². The van der Waals surface area contributed by atoms with Crippen LogP contribution in [-0.4, -0.2) is 42.4 Å². The maximum Gasteiger partial charge on any atom is 2.00 e. The molecule has 0 radical (unpaired) electrons. The van der Waals surface area contributed by atoms with Gasteiger partial charge in [-0.25, -0.2) is 0 Å². The molecule has 0 aliphatic rings. The van der Waals surface area contributed by atoms with Crippen LogP contribution in [0.2, 0.25) is 0 Å². The minimum absolute atomic E-state index is 0. The second-order valence-corrected chi connectivity index (χ2v) is 2.26. The molecule has 0 aromatic carbocycles. The van der Waals surface area contributed by atoms with Gasteiger partial charge in [-0.15, -0.1) is 0 Å². The Balaban J connectivity index is -0.000000720. The molecule has 0 fully saturated rings. The fraction of sp³-hybridized carbons (Fsp3) is 0.500. The Labute approximate surface area is 98.2 Å². The number of hydrogen-bond donors (Lipinski definition) is 1. The van der Waals surface area contributed by atoms with Crippen molar-refractivity contribution in [1.29, 1.82) is 0 Å². The predicted octanol–water partition coefficient (Wildman–Crippen LogP) is -5.09. The summed E-state index contributed by atoms with van der Waals surface area (Å²) in [6, 6.07) is 0. The zero-order chi connectivity index (χ0) is 10.4. The van der Waals surface area contributed by atoms with Crippen molar-refractivity contribution >= 4 is 17.9 Å². The van der Waals surface area contributed by atoms with Crippen molar-refractivity contribution in [2.45, 2.75) is 0 Å². The molecule has 9 heteroatoms. The zero-order valence-corrected chi connectivity index (χ0v) is 11.2. The molecular weight excluding hydrogens is 261 g/mol. The third-order valence-electron chi connectivity index (χ3n) is 1.06. The van der Waals surface area contributed by atoms with Crippen LogP contribution in [0.25, 0.3) is 0 Å². The largest absolute Gasteiger partial charge is 2.00 e. The summed E-state index contributed by atoms with van der Waals surface area (Å²) in [6.45, 7) is -2.37. The van der Waals surface area contributed by atoms with E-state index in [2.05, 4.69) is 0 Å². The van der Waals surface area contributed by atoms with Crippen molar-refractivity contribution in [1.82, 2.24) is 11.1 Å². The molecule has 4 N–H and O–H groups in total. The van der Waals surface area contributed by atoms with Gasteiger partial charge in [-0.1, -0.05) is 0 Å². The fourth-order valence-electron chi connectivity index (χ4n) is 0.715. The van der Waals surface area contributed by atoms with Gasteiger partial charge in [-0.05, 0) is 0 Å². The molecule has 0 spiro atoms. The van der Waals surface area contributed by atoms with Crippen molar-refractivity contribution in [2.24, 2.45) is 0 Å². The molecule has 0 amide bonds. The molecule has 82 valence electrons. The summed E-state index contributed by atoms with van der Waals surface area (Å²) in [4.78, 5) is 30.6. The SMILES string of the molecule is O=C([O-])CN(CC(=O)[O-])CC(=O)[O-].[NH4+].[Zn+2]. The van der Waals surface area contributed by atoms with E-state index in [0.29, 0.717) is 4.90 Å². The Bertz CT molecular complexity index is 196. The molecule has 0 saturated heterocycles. The number of nitrogens with zero attached hydrogens (tertiary/aromatic N) is 1. The number of aliphatic carboxylic acids is 3. The molecule has 0 aliphatic carbocycles. The second-order valence-electron chi connectivity index (χ2n) is 2.26.